The molecule has 0 spiro atoms. The van der Waals surface area contributed by atoms with E-state index in [4.69, 9.17) is 15.2 Å². The summed E-state index contributed by atoms with van der Waals surface area (Å²) in [5, 5.41) is 0. The number of nitrogens with two attached hydrogens (primary N) is 1. The molecule has 0 aliphatic carbocycles. The van der Waals surface area contributed by atoms with Crippen molar-refractivity contribution in [2.75, 3.05) is 20.8 Å². The van der Waals surface area contributed by atoms with E-state index < -0.39 is 0 Å². The summed E-state index contributed by atoms with van der Waals surface area (Å²) in [6.07, 6.45) is 0.919. The van der Waals surface area contributed by atoms with Crippen LogP contribution in [0.4, 0.5) is 0 Å². The normalized spacial score (nSPS) is 12.5. The predicted molar refractivity (Wildman–Crippen MR) is 61.2 cm³/mol. The lowest BCUT2D eigenvalue weighted by molar-refractivity contribution is 0.0977. The van der Waals surface area contributed by atoms with Crippen LogP contribution in [-0.2, 0) is 4.74 Å². The van der Waals surface area contributed by atoms with Gasteiger partial charge >= 0.3 is 0 Å². The van der Waals surface area contributed by atoms with Crippen molar-refractivity contribution < 1.29 is 9.47 Å². The van der Waals surface area contributed by atoms with Crippen molar-refractivity contribution in [3.63, 3.8) is 0 Å². The fraction of sp³-hybridized carbons (Fsp3) is 0.500. The Labute approximate surface area is 91.2 Å². The summed E-state index contributed by atoms with van der Waals surface area (Å²) in [7, 11) is 3.38. The van der Waals surface area contributed by atoms with Crippen molar-refractivity contribution in [1.82, 2.24) is 0 Å². The number of rotatable bonds is 5. The number of aryl methyl sites for hydroxylation is 1. The second kappa shape index (κ2) is 5.73. The van der Waals surface area contributed by atoms with E-state index in [-0.39, 0.29) is 6.10 Å². The van der Waals surface area contributed by atoms with Crippen LogP contribution < -0.4 is 10.5 Å². The largest absolute Gasteiger partial charge is 0.496 e. The Morgan fingerprint density at radius 1 is 1.33 bits per heavy atom. The minimum Gasteiger partial charge on any atom is -0.496 e. The molecule has 1 rings (SSSR count). The molecule has 1 unspecified atom stereocenters. The van der Waals surface area contributed by atoms with E-state index in [1.54, 1.807) is 14.2 Å². The van der Waals surface area contributed by atoms with Gasteiger partial charge in [0.05, 0.1) is 13.2 Å². The highest BCUT2D eigenvalue weighted by Crippen LogP contribution is 2.25. The first-order chi connectivity index (χ1) is 7.22. The van der Waals surface area contributed by atoms with E-state index in [1.807, 2.05) is 19.1 Å². The van der Waals surface area contributed by atoms with Crippen LogP contribution in [0.3, 0.4) is 0 Å². The van der Waals surface area contributed by atoms with Crippen LogP contribution in [0, 0.1) is 6.92 Å². The van der Waals surface area contributed by atoms with Crippen molar-refractivity contribution in [2.45, 2.75) is 19.4 Å². The van der Waals surface area contributed by atoms with E-state index in [0.29, 0.717) is 6.54 Å². The Hall–Kier alpha value is -1.06. The van der Waals surface area contributed by atoms with Crippen LogP contribution >= 0.6 is 0 Å². The van der Waals surface area contributed by atoms with Gasteiger partial charge in [-0.1, -0.05) is 6.07 Å². The maximum absolute atomic E-state index is 5.53. The Morgan fingerprint density at radius 2 is 2.07 bits per heavy atom. The molecular formula is C12H19NO2. The molecular weight excluding hydrogens is 190 g/mol. The minimum atomic E-state index is 0.0830. The molecule has 2 N–H and O–H groups in total. The number of ether oxygens (including phenoxy) is 2. The van der Waals surface area contributed by atoms with Gasteiger partial charge in [0.25, 0.3) is 0 Å². The van der Waals surface area contributed by atoms with Crippen molar-refractivity contribution in [2.24, 2.45) is 5.73 Å². The van der Waals surface area contributed by atoms with Crippen LogP contribution in [0.15, 0.2) is 18.2 Å². The first-order valence-electron chi connectivity index (χ1n) is 5.10. The monoisotopic (exact) mass is 209 g/mol. The summed E-state index contributed by atoms with van der Waals surface area (Å²) in [5.74, 6) is 0.904. The second-order valence-corrected chi connectivity index (χ2v) is 3.53. The maximum Gasteiger partial charge on any atom is 0.121 e. The van der Waals surface area contributed by atoms with E-state index in [9.17, 15) is 0 Å². The molecule has 0 heterocycles. The van der Waals surface area contributed by atoms with Gasteiger partial charge in [0, 0.05) is 7.11 Å². The van der Waals surface area contributed by atoms with Gasteiger partial charge in [0.15, 0.2) is 0 Å². The molecule has 84 valence electrons. The molecule has 1 aromatic rings. The fourth-order valence-electron chi connectivity index (χ4n) is 1.67. The minimum absolute atomic E-state index is 0.0830. The molecule has 3 heteroatoms. The lowest BCUT2D eigenvalue weighted by Gasteiger charge is -2.16. The molecule has 0 fully saturated rings. The van der Waals surface area contributed by atoms with Gasteiger partial charge in [-0.25, -0.2) is 0 Å². The first kappa shape index (κ1) is 12.0. The molecule has 0 radical (unpaired) electrons. The maximum atomic E-state index is 5.53. The van der Waals surface area contributed by atoms with Crippen LogP contribution in [0.5, 0.6) is 5.75 Å². The molecule has 1 atom stereocenters. The van der Waals surface area contributed by atoms with Crippen molar-refractivity contribution in [3.8, 4) is 5.75 Å². The van der Waals surface area contributed by atoms with Gasteiger partial charge in [-0.05, 0) is 43.1 Å². The average Bonchev–Trinajstić information content (AvgIpc) is 2.25. The molecule has 0 amide bonds. The van der Waals surface area contributed by atoms with Crippen LogP contribution in [0.1, 0.15) is 23.7 Å². The zero-order valence-electron chi connectivity index (χ0n) is 9.62. The highest BCUT2D eigenvalue weighted by atomic mass is 16.5. The van der Waals surface area contributed by atoms with Gasteiger partial charge < -0.3 is 15.2 Å². The molecule has 15 heavy (non-hydrogen) atoms. The third-order valence-corrected chi connectivity index (χ3v) is 2.50. The summed E-state index contributed by atoms with van der Waals surface area (Å²) < 4.78 is 10.6. The lowest BCUT2D eigenvalue weighted by Crippen LogP contribution is -2.09. The van der Waals surface area contributed by atoms with E-state index in [1.165, 1.54) is 0 Å². The van der Waals surface area contributed by atoms with Gasteiger partial charge in [-0.2, -0.15) is 0 Å². The topological polar surface area (TPSA) is 44.5 Å². The second-order valence-electron chi connectivity index (χ2n) is 3.53. The lowest BCUT2D eigenvalue weighted by atomic mass is 10.0. The smallest absolute Gasteiger partial charge is 0.121 e. The van der Waals surface area contributed by atoms with Crippen molar-refractivity contribution >= 4 is 0 Å². The molecule has 0 aliphatic heterocycles. The highest BCUT2D eigenvalue weighted by molar-refractivity contribution is 5.37. The molecule has 0 saturated carbocycles. The number of methoxy groups -OCH3 is 2. The molecule has 1 aromatic carbocycles. The summed E-state index contributed by atoms with van der Waals surface area (Å²) in [6.45, 7) is 2.65. The zero-order valence-corrected chi connectivity index (χ0v) is 9.62. The average molecular weight is 209 g/mol. The van der Waals surface area contributed by atoms with Crippen LogP contribution in [0.25, 0.3) is 0 Å². The van der Waals surface area contributed by atoms with Gasteiger partial charge in [-0.3, -0.25) is 0 Å². The first-order valence-corrected chi connectivity index (χ1v) is 5.10. The van der Waals surface area contributed by atoms with Gasteiger partial charge in [0.1, 0.15) is 5.75 Å². The Kier molecular flexibility index (Phi) is 4.59. The Bertz CT molecular complexity index is 312. The summed E-state index contributed by atoms with van der Waals surface area (Å²) in [4.78, 5) is 0. The fourth-order valence-corrected chi connectivity index (χ4v) is 1.67. The van der Waals surface area contributed by atoms with E-state index >= 15 is 0 Å². The van der Waals surface area contributed by atoms with Crippen molar-refractivity contribution in [3.05, 3.63) is 29.3 Å². The summed E-state index contributed by atoms with van der Waals surface area (Å²) >= 11 is 0. The third-order valence-electron chi connectivity index (χ3n) is 2.50. The highest BCUT2D eigenvalue weighted by Gasteiger charge is 2.10. The number of benzene rings is 1. The molecule has 0 aliphatic rings. The quantitative estimate of drug-likeness (QED) is 0.807. The number of hydrogen-bond donors (Lipinski definition) is 1. The Morgan fingerprint density at radius 3 is 2.53 bits per heavy atom. The van der Waals surface area contributed by atoms with E-state index in [0.717, 1.165) is 23.3 Å². The number of hydrogen-bond acceptors (Lipinski definition) is 3. The standard InChI is InChI=1S/C12H19NO2/c1-9-8-10(4-5-11(9)14-2)12(15-3)6-7-13/h4-5,8,12H,6-7,13H2,1-3H3. The van der Waals surface area contributed by atoms with Crippen LogP contribution in [0.2, 0.25) is 0 Å². The molecule has 3 nitrogen and oxygen atoms in total. The van der Waals surface area contributed by atoms with E-state index in [2.05, 4.69) is 6.07 Å². The van der Waals surface area contributed by atoms with Gasteiger partial charge in [0.2, 0.25) is 0 Å². The molecule has 0 aromatic heterocycles. The van der Waals surface area contributed by atoms with Crippen molar-refractivity contribution in [1.29, 1.82) is 0 Å². The Balaban J connectivity index is 2.89. The predicted octanol–water partition coefficient (Wildman–Crippen LogP) is 2.04. The third kappa shape index (κ3) is 2.94. The van der Waals surface area contributed by atoms with Crippen LogP contribution in [-0.4, -0.2) is 20.8 Å². The SMILES string of the molecule is COc1ccc(C(CCN)OC)cc1C. The summed E-state index contributed by atoms with van der Waals surface area (Å²) in [5.41, 5.74) is 7.81. The summed E-state index contributed by atoms with van der Waals surface area (Å²) in [6, 6.07) is 6.07. The van der Waals surface area contributed by atoms with Gasteiger partial charge in [-0.15, -0.1) is 0 Å². The molecule has 0 saturated heterocycles. The molecule has 0 bridgehead atoms. The zero-order chi connectivity index (χ0) is 11.3.